The Balaban J connectivity index is 1.61. The van der Waals surface area contributed by atoms with Crippen molar-refractivity contribution in [1.29, 1.82) is 0 Å². The molecule has 0 aliphatic heterocycles. The number of amides is 2. The molecule has 0 fully saturated rings. The number of hydrogen-bond donors (Lipinski definition) is 2. The van der Waals surface area contributed by atoms with Crippen LogP contribution in [-0.4, -0.2) is 24.4 Å². The van der Waals surface area contributed by atoms with Crippen molar-refractivity contribution in [1.82, 2.24) is 5.32 Å². The van der Waals surface area contributed by atoms with Crippen molar-refractivity contribution in [3.05, 3.63) is 88.1 Å². The van der Waals surface area contributed by atoms with E-state index in [9.17, 15) is 14.4 Å². The Morgan fingerprint density at radius 1 is 0.966 bits per heavy atom. The number of anilines is 1. The van der Waals surface area contributed by atoms with Gasteiger partial charge >= 0.3 is 5.97 Å². The van der Waals surface area contributed by atoms with Crippen molar-refractivity contribution in [2.75, 3.05) is 11.9 Å². The molecule has 7 heteroatoms. The molecule has 3 rings (SSSR count). The molecule has 2 amide bonds. The fourth-order valence-corrected chi connectivity index (χ4v) is 3.29. The van der Waals surface area contributed by atoms with E-state index >= 15 is 0 Å². The van der Waals surface area contributed by atoms with Crippen molar-refractivity contribution in [3.63, 3.8) is 0 Å². The summed E-state index contributed by atoms with van der Waals surface area (Å²) in [6.07, 6.45) is 0. The van der Waals surface area contributed by atoms with E-state index in [0.717, 1.165) is 5.56 Å². The second-order valence-corrected chi connectivity index (χ2v) is 7.20. The van der Waals surface area contributed by atoms with Crippen molar-refractivity contribution in [2.45, 2.75) is 13.0 Å². The standard InChI is InChI=1S/C22H20N2O4S/c1-15(16-8-3-2-4-9-16)23-21(26)17-10-5-6-11-18(17)24-20(25)14-28-22(27)19-12-7-13-29-19/h2-13,15H,14H2,1H3,(H,23,26)(H,24,25). The van der Waals surface area contributed by atoms with Crippen LogP contribution >= 0.6 is 11.3 Å². The molecule has 0 saturated heterocycles. The van der Waals surface area contributed by atoms with Crippen LogP contribution in [0.3, 0.4) is 0 Å². The number of nitrogens with one attached hydrogen (secondary N) is 2. The average Bonchev–Trinajstić information content (AvgIpc) is 3.28. The number of rotatable bonds is 7. The van der Waals surface area contributed by atoms with Gasteiger partial charge in [0, 0.05) is 0 Å². The number of esters is 1. The van der Waals surface area contributed by atoms with Gasteiger partial charge in [0.05, 0.1) is 17.3 Å². The Labute approximate surface area is 172 Å². The van der Waals surface area contributed by atoms with Gasteiger partial charge in [0.1, 0.15) is 4.88 Å². The van der Waals surface area contributed by atoms with Gasteiger partial charge in [-0.25, -0.2) is 4.79 Å². The molecule has 1 atom stereocenters. The summed E-state index contributed by atoms with van der Waals surface area (Å²) in [4.78, 5) is 37.2. The third-order valence-electron chi connectivity index (χ3n) is 4.15. The molecule has 148 valence electrons. The predicted molar refractivity (Wildman–Crippen MR) is 112 cm³/mol. The number of benzene rings is 2. The lowest BCUT2D eigenvalue weighted by atomic mass is 10.1. The van der Waals surface area contributed by atoms with Gasteiger partial charge in [-0.05, 0) is 36.1 Å². The molecule has 0 radical (unpaired) electrons. The van der Waals surface area contributed by atoms with E-state index in [4.69, 9.17) is 4.74 Å². The van der Waals surface area contributed by atoms with Gasteiger partial charge in [-0.3, -0.25) is 9.59 Å². The maximum Gasteiger partial charge on any atom is 0.348 e. The molecule has 1 unspecified atom stereocenters. The number of para-hydroxylation sites is 1. The first-order valence-corrected chi connectivity index (χ1v) is 9.88. The van der Waals surface area contributed by atoms with Crippen LogP contribution in [0.25, 0.3) is 0 Å². The maximum absolute atomic E-state index is 12.7. The lowest BCUT2D eigenvalue weighted by Gasteiger charge is -2.16. The Bertz CT molecular complexity index is 987. The largest absolute Gasteiger partial charge is 0.451 e. The quantitative estimate of drug-likeness (QED) is 0.578. The van der Waals surface area contributed by atoms with E-state index in [1.807, 2.05) is 37.3 Å². The number of hydrogen-bond acceptors (Lipinski definition) is 5. The first-order chi connectivity index (χ1) is 14.0. The molecular weight excluding hydrogens is 388 g/mol. The topological polar surface area (TPSA) is 84.5 Å². The number of carbonyl (C=O) groups excluding carboxylic acids is 3. The van der Waals surface area contributed by atoms with Gasteiger partial charge in [-0.15, -0.1) is 11.3 Å². The number of carbonyl (C=O) groups is 3. The summed E-state index contributed by atoms with van der Waals surface area (Å²) < 4.78 is 5.00. The van der Waals surface area contributed by atoms with Crippen molar-refractivity contribution in [2.24, 2.45) is 0 Å². The molecule has 0 aliphatic rings. The van der Waals surface area contributed by atoms with Gasteiger partial charge in [0.15, 0.2) is 6.61 Å². The number of thiophene rings is 1. The Morgan fingerprint density at radius 2 is 1.69 bits per heavy atom. The third kappa shape index (κ3) is 5.52. The third-order valence-corrected chi connectivity index (χ3v) is 5.00. The first-order valence-electron chi connectivity index (χ1n) is 9.00. The molecule has 1 aromatic heterocycles. The summed E-state index contributed by atoms with van der Waals surface area (Å²) in [6.45, 7) is 1.45. The molecule has 0 aliphatic carbocycles. The highest BCUT2D eigenvalue weighted by atomic mass is 32.1. The fraction of sp³-hybridized carbons (Fsp3) is 0.136. The molecule has 2 N–H and O–H groups in total. The van der Waals surface area contributed by atoms with Crippen LogP contribution in [0.2, 0.25) is 0 Å². The Kier molecular flexibility index (Phi) is 6.76. The highest BCUT2D eigenvalue weighted by molar-refractivity contribution is 7.11. The minimum Gasteiger partial charge on any atom is -0.451 e. The van der Waals surface area contributed by atoms with Gasteiger partial charge < -0.3 is 15.4 Å². The van der Waals surface area contributed by atoms with Crippen LogP contribution in [0.15, 0.2) is 72.1 Å². The SMILES string of the molecule is CC(NC(=O)c1ccccc1NC(=O)COC(=O)c1cccs1)c1ccccc1. The zero-order chi connectivity index (χ0) is 20.6. The van der Waals surface area contributed by atoms with Crippen LogP contribution in [0, 0.1) is 0 Å². The van der Waals surface area contributed by atoms with Crippen molar-refractivity contribution >= 4 is 34.8 Å². The molecule has 0 saturated carbocycles. The number of ether oxygens (including phenoxy) is 1. The van der Waals surface area contributed by atoms with Gasteiger partial charge in [0.25, 0.3) is 11.8 Å². The molecular formula is C22H20N2O4S. The van der Waals surface area contributed by atoms with Crippen LogP contribution in [0.5, 0.6) is 0 Å². The summed E-state index contributed by atoms with van der Waals surface area (Å²) in [5.74, 6) is -1.39. The second-order valence-electron chi connectivity index (χ2n) is 6.25. The fourth-order valence-electron chi connectivity index (χ4n) is 2.67. The Hall–Kier alpha value is -3.45. The Morgan fingerprint density at radius 3 is 2.41 bits per heavy atom. The van der Waals surface area contributed by atoms with Gasteiger partial charge in [-0.2, -0.15) is 0 Å². The maximum atomic E-state index is 12.7. The second kappa shape index (κ2) is 9.66. The van der Waals surface area contributed by atoms with E-state index in [1.165, 1.54) is 11.3 Å². The van der Waals surface area contributed by atoms with Crippen LogP contribution in [0.4, 0.5) is 5.69 Å². The highest BCUT2D eigenvalue weighted by Gasteiger charge is 2.17. The molecule has 6 nitrogen and oxygen atoms in total. The smallest absolute Gasteiger partial charge is 0.348 e. The summed E-state index contributed by atoms with van der Waals surface area (Å²) in [7, 11) is 0. The van der Waals surface area contributed by atoms with E-state index in [-0.39, 0.29) is 11.9 Å². The average molecular weight is 408 g/mol. The van der Waals surface area contributed by atoms with Gasteiger partial charge in [-0.1, -0.05) is 48.5 Å². The predicted octanol–water partition coefficient (Wildman–Crippen LogP) is 4.03. The minimum atomic E-state index is -0.558. The van der Waals surface area contributed by atoms with Crippen molar-refractivity contribution < 1.29 is 19.1 Å². The van der Waals surface area contributed by atoms with E-state index in [2.05, 4.69) is 10.6 Å². The lowest BCUT2D eigenvalue weighted by molar-refractivity contribution is -0.119. The summed E-state index contributed by atoms with van der Waals surface area (Å²) in [6, 6.07) is 19.4. The molecule has 2 aromatic carbocycles. The van der Waals surface area contributed by atoms with Gasteiger partial charge in [0.2, 0.25) is 0 Å². The zero-order valence-corrected chi connectivity index (χ0v) is 16.6. The summed E-state index contributed by atoms with van der Waals surface area (Å²) >= 11 is 1.24. The van der Waals surface area contributed by atoms with E-state index in [0.29, 0.717) is 16.1 Å². The van der Waals surface area contributed by atoms with Crippen LogP contribution in [-0.2, 0) is 9.53 Å². The van der Waals surface area contributed by atoms with E-state index in [1.54, 1.807) is 41.8 Å². The zero-order valence-electron chi connectivity index (χ0n) is 15.8. The minimum absolute atomic E-state index is 0.195. The highest BCUT2D eigenvalue weighted by Crippen LogP contribution is 2.18. The molecule has 1 heterocycles. The molecule has 3 aromatic rings. The molecule has 0 bridgehead atoms. The van der Waals surface area contributed by atoms with Crippen LogP contribution in [0.1, 0.15) is 38.6 Å². The molecule has 0 spiro atoms. The normalized spacial score (nSPS) is 11.3. The summed E-state index contributed by atoms with van der Waals surface area (Å²) in [5.41, 5.74) is 1.65. The first kappa shape index (κ1) is 20.3. The van der Waals surface area contributed by atoms with Crippen molar-refractivity contribution in [3.8, 4) is 0 Å². The molecule has 29 heavy (non-hydrogen) atoms. The van der Waals surface area contributed by atoms with Crippen LogP contribution < -0.4 is 10.6 Å². The lowest BCUT2D eigenvalue weighted by Crippen LogP contribution is -2.28. The summed E-state index contributed by atoms with van der Waals surface area (Å²) in [5, 5.41) is 7.30. The monoisotopic (exact) mass is 408 g/mol. The van der Waals surface area contributed by atoms with E-state index < -0.39 is 18.5 Å².